The Hall–Kier alpha value is -1.56. The monoisotopic (exact) mass is 321 g/mol. The van der Waals surface area contributed by atoms with E-state index in [0.29, 0.717) is 18.4 Å². The average molecular weight is 321 g/mol. The molecule has 1 aliphatic rings. The van der Waals surface area contributed by atoms with Gasteiger partial charge < -0.3 is 20.1 Å². The Morgan fingerprint density at radius 2 is 2.30 bits per heavy atom. The first-order chi connectivity index (χ1) is 11.1. The van der Waals surface area contributed by atoms with Crippen LogP contribution in [0.5, 0.6) is 0 Å². The summed E-state index contributed by atoms with van der Waals surface area (Å²) < 4.78 is 5.34. The standard InChI is InChI=1S/C17H31N5O/c1-5-22-8-6-7-14(12-22)10-19-17(18-4)20-11-15-9-16(13(2)3)21-23-15/h9,13-14H,5-8,10-12H2,1-4H3,(H2,18,19,20). The lowest BCUT2D eigenvalue weighted by atomic mass is 9.98. The predicted molar refractivity (Wildman–Crippen MR) is 93.6 cm³/mol. The normalized spacial score (nSPS) is 20.0. The summed E-state index contributed by atoms with van der Waals surface area (Å²) >= 11 is 0. The lowest BCUT2D eigenvalue weighted by molar-refractivity contribution is 0.183. The van der Waals surface area contributed by atoms with Gasteiger partial charge in [-0.25, -0.2) is 0 Å². The third kappa shape index (κ3) is 5.53. The molecule has 1 saturated heterocycles. The molecule has 0 radical (unpaired) electrons. The quantitative estimate of drug-likeness (QED) is 0.621. The zero-order chi connectivity index (χ0) is 16.7. The van der Waals surface area contributed by atoms with Gasteiger partial charge in [0.05, 0.1) is 12.2 Å². The van der Waals surface area contributed by atoms with E-state index in [0.717, 1.165) is 30.5 Å². The average Bonchev–Trinajstić information content (AvgIpc) is 3.04. The zero-order valence-corrected chi connectivity index (χ0v) is 14.9. The van der Waals surface area contributed by atoms with Crippen molar-refractivity contribution in [2.24, 2.45) is 10.9 Å². The highest BCUT2D eigenvalue weighted by Gasteiger charge is 2.18. The molecule has 2 rings (SSSR count). The molecule has 1 atom stereocenters. The first-order valence-corrected chi connectivity index (χ1v) is 8.74. The van der Waals surface area contributed by atoms with Crippen molar-refractivity contribution in [1.29, 1.82) is 0 Å². The minimum absolute atomic E-state index is 0.387. The molecular formula is C17H31N5O. The number of rotatable bonds is 6. The van der Waals surface area contributed by atoms with Gasteiger partial charge in [0.1, 0.15) is 0 Å². The summed E-state index contributed by atoms with van der Waals surface area (Å²) in [5.41, 5.74) is 0.992. The van der Waals surface area contributed by atoms with Crippen molar-refractivity contribution < 1.29 is 4.52 Å². The van der Waals surface area contributed by atoms with Crippen LogP contribution in [0.4, 0.5) is 0 Å². The van der Waals surface area contributed by atoms with Crippen molar-refractivity contribution in [3.63, 3.8) is 0 Å². The van der Waals surface area contributed by atoms with Crippen LogP contribution >= 0.6 is 0 Å². The van der Waals surface area contributed by atoms with E-state index >= 15 is 0 Å². The molecule has 0 spiro atoms. The Bertz CT molecular complexity index is 497. The number of nitrogens with zero attached hydrogens (tertiary/aromatic N) is 3. The largest absolute Gasteiger partial charge is 0.359 e. The van der Waals surface area contributed by atoms with Crippen molar-refractivity contribution in [1.82, 2.24) is 20.7 Å². The van der Waals surface area contributed by atoms with Gasteiger partial charge in [0, 0.05) is 26.2 Å². The van der Waals surface area contributed by atoms with E-state index in [1.807, 2.05) is 6.07 Å². The van der Waals surface area contributed by atoms with E-state index in [-0.39, 0.29) is 0 Å². The van der Waals surface area contributed by atoms with E-state index in [4.69, 9.17) is 4.52 Å². The van der Waals surface area contributed by atoms with Gasteiger partial charge in [-0.2, -0.15) is 0 Å². The molecule has 6 heteroatoms. The smallest absolute Gasteiger partial charge is 0.191 e. The van der Waals surface area contributed by atoms with Gasteiger partial charge >= 0.3 is 0 Å². The molecule has 0 amide bonds. The van der Waals surface area contributed by atoms with Crippen molar-refractivity contribution >= 4 is 5.96 Å². The van der Waals surface area contributed by atoms with Gasteiger partial charge in [-0.1, -0.05) is 25.9 Å². The third-order valence-corrected chi connectivity index (χ3v) is 4.43. The molecule has 1 fully saturated rings. The number of guanidine groups is 1. The van der Waals surface area contributed by atoms with Crippen molar-refractivity contribution in [3.05, 3.63) is 17.5 Å². The molecule has 23 heavy (non-hydrogen) atoms. The molecule has 1 aromatic rings. The van der Waals surface area contributed by atoms with Crippen LogP contribution in [0.25, 0.3) is 0 Å². The highest BCUT2D eigenvalue weighted by Crippen LogP contribution is 2.15. The van der Waals surface area contributed by atoms with Crippen LogP contribution in [0.1, 0.15) is 51.0 Å². The van der Waals surface area contributed by atoms with Gasteiger partial charge in [0.15, 0.2) is 11.7 Å². The fourth-order valence-electron chi connectivity index (χ4n) is 2.92. The molecule has 0 aromatic carbocycles. The van der Waals surface area contributed by atoms with Crippen LogP contribution in [-0.2, 0) is 6.54 Å². The zero-order valence-electron chi connectivity index (χ0n) is 14.9. The fraction of sp³-hybridized carbons (Fsp3) is 0.765. The van der Waals surface area contributed by atoms with Crippen LogP contribution < -0.4 is 10.6 Å². The summed E-state index contributed by atoms with van der Waals surface area (Å²) in [6, 6.07) is 2.01. The number of hydrogen-bond donors (Lipinski definition) is 2. The maximum atomic E-state index is 5.34. The topological polar surface area (TPSA) is 65.7 Å². The maximum Gasteiger partial charge on any atom is 0.191 e. The Kier molecular flexibility index (Phi) is 6.89. The van der Waals surface area contributed by atoms with Crippen LogP contribution in [0, 0.1) is 5.92 Å². The minimum atomic E-state index is 0.387. The Morgan fingerprint density at radius 3 is 2.96 bits per heavy atom. The molecule has 0 saturated carbocycles. The number of hydrogen-bond acceptors (Lipinski definition) is 4. The molecule has 1 unspecified atom stereocenters. The SMILES string of the molecule is CCN1CCCC(CNC(=NC)NCc2cc(C(C)C)no2)C1. The van der Waals surface area contributed by atoms with Gasteiger partial charge in [-0.3, -0.25) is 4.99 Å². The van der Waals surface area contributed by atoms with Crippen molar-refractivity contribution in [2.75, 3.05) is 33.2 Å². The summed E-state index contributed by atoms with van der Waals surface area (Å²) in [6.45, 7) is 11.6. The first kappa shape index (κ1) is 17.8. The van der Waals surface area contributed by atoms with E-state index in [2.05, 4.69) is 46.5 Å². The first-order valence-electron chi connectivity index (χ1n) is 8.74. The molecule has 130 valence electrons. The Labute approximate surface area is 139 Å². The summed E-state index contributed by atoms with van der Waals surface area (Å²) in [7, 11) is 1.80. The molecular weight excluding hydrogens is 290 g/mol. The number of piperidine rings is 1. The molecule has 1 aromatic heterocycles. The number of nitrogens with one attached hydrogen (secondary N) is 2. The summed E-state index contributed by atoms with van der Waals surface area (Å²) in [5, 5.41) is 10.8. The summed E-state index contributed by atoms with van der Waals surface area (Å²) in [6.07, 6.45) is 2.59. The predicted octanol–water partition coefficient (Wildman–Crippen LogP) is 2.19. The van der Waals surface area contributed by atoms with Crippen LogP contribution in [-0.4, -0.2) is 49.2 Å². The highest BCUT2D eigenvalue weighted by atomic mass is 16.5. The lowest BCUT2D eigenvalue weighted by Crippen LogP contribution is -2.44. The van der Waals surface area contributed by atoms with Gasteiger partial charge in [0.2, 0.25) is 0 Å². The molecule has 0 bridgehead atoms. The lowest BCUT2D eigenvalue weighted by Gasteiger charge is -2.32. The Balaban J connectivity index is 1.74. The molecule has 1 aliphatic heterocycles. The van der Waals surface area contributed by atoms with E-state index in [1.165, 1.54) is 25.9 Å². The summed E-state index contributed by atoms with van der Waals surface area (Å²) in [5.74, 6) is 2.74. The second kappa shape index (κ2) is 8.91. The van der Waals surface area contributed by atoms with E-state index < -0.39 is 0 Å². The van der Waals surface area contributed by atoms with E-state index in [9.17, 15) is 0 Å². The second-order valence-electron chi connectivity index (χ2n) is 6.58. The van der Waals surface area contributed by atoms with Crippen LogP contribution in [0.3, 0.4) is 0 Å². The minimum Gasteiger partial charge on any atom is -0.359 e. The summed E-state index contributed by atoms with van der Waals surface area (Å²) in [4.78, 5) is 6.81. The fourth-order valence-corrected chi connectivity index (χ4v) is 2.92. The van der Waals surface area contributed by atoms with Gasteiger partial charge in [-0.15, -0.1) is 0 Å². The molecule has 6 nitrogen and oxygen atoms in total. The maximum absolute atomic E-state index is 5.34. The van der Waals surface area contributed by atoms with Gasteiger partial charge in [-0.05, 0) is 37.8 Å². The highest BCUT2D eigenvalue weighted by molar-refractivity contribution is 5.79. The molecule has 2 heterocycles. The number of likely N-dealkylation sites (tertiary alicyclic amines) is 1. The Morgan fingerprint density at radius 1 is 1.48 bits per heavy atom. The van der Waals surface area contributed by atoms with Crippen LogP contribution in [0.15, 0.2) is 15.6 Å². The third-order valence-electron chi connectivity index (χ3n) is 4.43. The van der Waals surface area contributed by atoms with Crippen molar-refractivity contribution in [2.45, 2.75) is 46.1 Å². The van der Waals surface area contributed by atoms with E-state index in [1.54, 1.807) is 7.05 Å². The van der Waals surface area contributed by atoms with Gasteiger partial charge in [0.25, 0.3) is 0 Å². The number of aliphatic imine (C=N–C) groups is 1. The van der Waals surface area contributed by atoms with Crippen molar-refractivity contribution in [3.8, 4) is 0 Å². The van der Waals surface area contributed by atoms with Crippen LogP contribution in [0.2, 0.25) is 0 Å². The second-order valence-corrected chi connectivity index (χ2v) is 6.58. The number of aromatic nitrogens is 1. The molecule has 2 N–H and O–H groups in total. The molecule has 0 aliphatic carbocycles.